The van der Waals surface area contributed by atoms with E-state index in [4.69, 9.17) is 9.47 Å². The van der Waals surface area contributed by atoms with Crippen molar-refractivity contribution in [3.8, 4) is 5.69 Å². The Morgan fingerprint density at radius 1 is 1.00 bits per heavy atom. The Hall–Kier alpha value is -1.65. The lowest BCUT2D eigenvalue weighted by molar-refractivity contribution is -0.0441. The van der Waals surface area contributed by atoms with Crippen LogP contribution in [0.1, 0.15) is 36.3 Å². The highest BCUT2D eigenvalue weighted by Gasteiger charge is 2.26. The van der Waals surface area contributed by atoms with Crippen molar-refractivity contribution in [2.75, 3.05) is 13.2 Å². The molecule has 0 bridgehead atoms. The van der Waals surface area contributed by atoms with E-state index in [9.17, 15) is 0 Å². The molecule has 0 spiro atoms. The third-order valence-electron chi connectivity index (χ3n) is 3.66. The molecule has 0 unspecified atom stereocenters. The zero-order chi connectivity index (χ0) is 12.7. The maximum atomic E-state index is 5.48. The van der Waals surface area contributed by atoms with Gasteiger partial charge in [0.15, 0.2) is 6.29 Å². The van der Waals surface area contributed by atoms with Gasteiger partial charge in [0.1, 0.15) is 0 Å². The van der Waals surface area contributed by atoms with Crippen LogP contribution in [0.5, 0.6) is 0 Å². The molecule has 2 aliphatic rings. The minimum Gasteiger partial charge on any atom is -0.346 e. The van der Waals surface area contributed by atoms with E-state index in [1.54, 1.807) is 0 Å². The minimum atomic E-state index is -0.200. The fraction of sp³-hybridized carbons (Fsp3) is 0.400. The molecule has 0 atom stereocenters. The Balaban J connectivity index is 1.56. The SMILES string of the molecule is c1cc(-n2ccc(C3CC3)n2)ccc1C1OCCO1. The molecule has 0 N–H and O–H groups in total. The first-order chi connectivity index (χ1) is 9.40. The first kappa shape index (κ1) is 11.2. The highest BCUT2D eigenvalue weighted by atomic mass is 16.7. The molecule has 2 fully saturated rings. The lowest BCUT2D eigenvalue weighted by atomic mass is 10.2. The number of ether oxygens (including phenoxy) is 2. The van der Waals surface area contributed by atoms with Crippen LogP contribution in [0.25, 0.3) is 5.69 Å². The second kappa shape index (κ2) is 4.47. The summed E-state index contributed by atoms with van der Waals surface area (Å²) in [6.07, 6.45) is 4.40. The van der Waals surface area contributed by atoms with Crippen molar-refractivity contribution in [3.63, 3.8) is 0 Å². The van der Waals surface area contributed by atoms with Gasteiger partial charge < -0.3 is 9.47 Å². The lowest BCUT2D eigenvalue weighted by Crippen LogP contribution is -2.00. The summed E-state index contributed by atoms with van der Waals surface area (Å²) < 4.78 is 12.9. The maximum absolute atomic E-state index is 5.48. The van der Waals surface area contributed by atoms with E-state index in [1.807, 2.05) is 23.0 Å². The Kier molecular flexibility index (Phi) is 2.64. The second-order valence-electron chi connectivity index (χ2n) is 5.12. The number of aromatic nitrogens is 2. The predicted octanol–water partition coefficient (Wildman–Crippen LogP) is 2.80. The molecule has 4 rings (SSSR count). The molecule has 1 aromatic carbocycles. The van der Waals surface area contributed by atoms with Crippen LogP contribution in [0, 0.1) is 0 Å². The Bertz CT molecular complexity index is 566. The van der Waals surface area contributed by atoms with E-state index < -0.39 is 0 Å². The van der Waals surface area contributed by atoms with Crippen LogP contribution in [-0.2, 0) is 9.47 Å². The number of rotatable bonds is 3. The zero-order valence-corrected chi connectivity index (χ0v) is 10.7. The van der Waals surface area contributed by atoms with Gasteiger partial charge in [-0.15, -0.1) is 0 Å². The first-order valence-electron chi connectivity index (χ1n) is 6.79. The topological polar surface area (TPSA) is 36.3 Å². The lowest BCUT2D eigenvalue weighted by Gasteiger charge is -2.10. The van der Waals surface area contributed by atoms with Gasteiger partial charge in [0.2, 0.25) is 0 Å². The van der Waals surface area contributed by atoms with Crippen molar-refractivity contribution in [1.82, 2.24) is 9.78 Å². The van der Waals surface area contributed by atoms with Crippen LogP contribution in [0.4, 0.5) is 0 Å². The molecule has 2 heterocycles. The van der Waals surface area contributed by atoms with Gasteiger partial charge in [0.25, 0.3) is 0 Å². The smallest absolute Gasteiger partial charge is 0.184 e. The summed E-state index contributed by atoms with van der Waals surface area (Å²) >= 11 is 0. The summed E-state index contributed by atoms with van der Waals surface area (Å²) in [4.78, 5) is 0. The molecule has 1 saturated carbocycles. The Morgan fingerprint density at radius 3 is 2.42 bits per heavy atom. The first-order valence-corrected chi connectivity index (χ1v) is 6.79. The summed E-state index contributed by atoms with van der Waals surface area (Å²) in [5.74, 6) is 0.695. The van der Waals surface area contributed by atoms with Gasteiger partial charge in [-0.2, -0.15) is 5.10 Å². The molecular formula is C15H16N2O2. The summed E-state index contributed by atoms with van der Waals surface area (Å²) in [7, 11) is 0. The number of hydrogen-bond donors (Lipinski definition) is 0. The third kappa shape index (κ3) is 2.17. The summed E-state index contributed by atoms with van der Waals surface area (Å²) in [6.45, 7) is 1.35. The van der Waals surface area contributed by atoms with E-state index in [0.29, 0.717) is 19.1 Å². The van der Waals surface area contributed by atoms with Gasteiger partial charge in [-0.05, 0) is 31.0 Å². The molecule has 4 heteroatoms. The van der Waals surface area contributed by atoms with Crippen LogP contribution < -0.4 is 0 Å². The number of hydrogen-bond acceptors (Lipinski definition) is 3. The third-order valence-corrected chi connectivity index (χ3v) is 3.66. The van der Waals surface area contributed by atoms with Crippen molar-refractivity contribution >= 4 is 0 Å². The van der Waals surface area contributed by atoms with Gasteiger partial charge in [-0.25, -0.2) is 4.68 Å². The molecule has 1 aliphatic carbocycles. The van der Waals surface area contributed by atoms with E-state index in [0.717, 1.165) is 11.3 Å². The van der Waals surface area contributed by atoms with E-state index in [2.05, 4.69) is 23.3 Å². The fourth-order valence-corrected chi connectivity index (χ4v) is 2.41. The molecule has 2 aromatic rings. The maximum Gasteiger partial charge on any atom is 0.184 e. The highest BCUT2D eigenvalue weighted by Crippen LogP contribution is 2.39. The van der Waals surface area contributed by atoms with Crippen molar-refractivity contribution in [2.24, 2.45) is 0 Å². The van der Waals surface area contributed by atoms with Crippen molar-refractivity contribution < 1.29 is 9.47 Å². The monoisotopic (exact) mass is 256 g/mol. The second-order valence-corrected chi connectivity index (χ2v) is 5.12. The normalized spacial score (nSPS) is 20.0. The molecule has 1 aliphatic heterocycles. The van der Waals surface area contributed by atoms with Crippen LogP contribution >= 0.6 is 0 Å². The summed E-state index contributed by atoms with van der Waals surface area (Å²) in [5.41, 5.74) is 3.36. The van der Waals surface area contributed by atoms with Crippen LogP contribution in [0.2, 0.25) is 0 Å². The molecule has 0 radical (unpaired) electrons. The average molecular weight is 256 g/mol. The Morgan fingerprint density at radius 2 is 1.74 bits per heavy atom. The highest BCUT2D eigenvalue weighted by molar-refractivity contribution is 5.35. The van der Waals surface area contributed by atoms with Gasteiger partial charge in [-0.1, -0.05) is 12.1 Å². The standard InChI is InChI=1S/C15H16N2O2/c1-2-11(1)14-7-8-17(16-14)13-5-3-12(4-6-13)15-18-9-10-19-15/h3-8,11,15H,1-2,9-10H2. The predicted molar refractivity (Wildman–Crippen MR) is 70.2 cm³/mol. The van der Waals surface area contributed by atoms with E-state index >= 15 is 0 Å². The van der Waals surface area contributed by atoms with E-state index in [-0.39, 0.29) is 6.29 Å². The van der Waals surface area contributed by atoms with Gasteiger partial charge in [0, 0.05) is 17.7 Å². The molecule has 1 aromatic heterocycles. The largest absolute Gasteiger partial charge is 0.346 e. The Labute approximate surface area is 112 Å². The molecule has 98 valence electrons. The van der Waals surface area contributed by atoms with Crippen molar-refractivity contribution in [2.45, 2.75) is 25.0 Å². The molecule has 19 heavy (non-hydrogen) atoms. The zero-order valence-electron chi connectivity index (χ0n) is 10.7. The summed E-state index contributed by atoms with van der Waals surface area (Å²) in [5, 5.41) is 4.62. The molecule has 0 amide bonds. The van der Waals surface area contributed by atoms with Crippen LogP contribution in [-0.4, -0.2) is 23.0 Å². The minimum absolute atomic E-state index is 0.200. The number of nitrogens with zero attached hydrogens (tertiary/aromatic N) is 2. The van der Waals surface area contributed by atoms with Gasteiger partial charge in [-0.3, -0.25) is 0 Å². The molecule has 4 nitrogen and oxygen atoms in total. The quantitative estimate of drug-likeness (QED) is 0.847. The van der Waals surface area contributed by atoms with Gasteiger partial charge in [0.05, 0.1) is 24.6 Å². The van der Waals surface area contributed by atoms with Gasteiger partial charge >= 0.3 is 0 Å². The molecule has 1 saturated heterocycles. The van der Waals surface area contributed by atoms with E-state index in [1.165, 1.54) is 18.5 Å². The summed E-state index contributed by atoms with van der Waals surface area (Å²) in [6, 6.07) is 10.3. The van der Waals surface area contributed by atoms with Crippen LogP contribution in [0.15, 0.2) is 36.5 Å². The fourth-order valence-electron chi connectivity index (χ4n) is 2.41. The average Bonchev–Trinajstić information content (AvgIpc) is 2.97. The van der Waals surface area contributed by atoms with Crippen LogP contribution in [0.3, 0.4) is 0 Å². The molecular weight excluding hydrogens is 240 g/mol. The number of benzene rings is 1. The van der Waals surface area contributed by atoms with Crippen molar-refractivity contribution in [1.29, 1.82) is 0 Å². The van der Waals surface area contributed by atoms with Crippen molar-refractivity contribution in [3.05, 3.63) is 47.8 Å².